The van der Waals surface area contributed by atoms with E-state index in [1.807, 2.05) is 19.1 Å². The summed E-state index contributed by atoms with van der Waals surface area (Å²) in [6.07, 6.45) is 6.70. The highest BCUT2D eigenvalue weighted by Crippen LogP contribution is 2.29. The van der Waals surface area contributed by atoms with E-state index in [4.69, 9.17) is 15.9 Å². The van der Waals surface area contributed by atoms with Crippen molar-refractivity contribution in [1.82, 2.24) is 0 Å². The number of amides is 1. The summed E-state index contributed by atoms with van der Waals surface area (Å²) in [5.74, 6) is 2.89. The summed E-state index contributed by atoms with van der Waals surface area (Å²) >= 11 is 3.34. The minimum absolute atomic E-state index is 0.0327. The van der Waals surface area contributed by atoms with Gasteiger partial charge < -0.3 is 14.8 Å². The molecule has 27 heavy (non-hydrogen) atoms. The number of nitrogens with one attached hydrogen (secondary N) is 1. The number of carbonyl (C=O) groups is 1. The number of ether oxygens (including phenoxy) is 2. The van der Waals surface area contributed by atoms with Gasteiger partial charge >= 0.3 is 0 Å². The normalized spacial score (nSPS) is 10.4. The van der Waals surface area contributed by atoms with Gasteiger partial charge in [-0.2, -0.15) is 5.26 Å². The predicted molar refractivity (Wildman–Crippen MR) is 108 cm³/mol. The molecule has 0 atom stereocenters. The Morgan fingerprint density at radius 1 is 1.26 bits per heavy atom. The van der Waals surface area contributed by atoms with Crippen molar-refractivity contribution in [2.24, 2.45) is 0 Å². The van der Waals surface area contributed by atoms with Crippen LogP contribution < -0.4 is 14.8 Å². The van der Waals surface area contributed by atoms with Crippen molar-refractivity contribution in [2.45, 2.75) is 6.92 Å². The maximum atomic E-state index is 12.4. The first kappa shape index (κ1) is 20.1. The van der Waals surface area contributed by atoms with E-state index in [1.165, 1.54) is 6.08 Å². The lowest BCUT2D eigenvalue weighted by atomic mass is 10.1. The largest absolute Gasteiger partial charge is 0.490 e. The van der Waals surface area contributed by atoms with Crippen LogP contribution in [0, 0.1) is 23.7 Å². The Morgan fingerprint density at radius 2 is 2.07 bits per heavy atom. The number of benzene rings is 2. The summed E-state index contributed by atoms with van der Waals surface area (Å²) in [6, 6.07) is 14.1. The number of carbonyl (C=O) groups excluding carboxylic acids is 1. The zero-order valence-electron chi connectivity index (χ0n) is 14.7. The fourth-order valence-corrected chi connectivity index (χ4v) is 2.60. The van der Waals surface area contributed by atoms with Gasteiger partial charge in [0.15, 0.2) is 11.5 Å². The van der Waals surface area contributed by atoms with E-state index in [0.29, 0.717) is 29.4 Å². The van der Waals surface area contributed by atoms with Gasteiger partial charge in [0.1, 0.15) is 18.2 Å². The molecule has 1 amide bonds. The molecule has 0 unspecified atom stereocenters. The monoisotopic (exact) mass is 424 g/mol. The van der Waals surface area contributed by atoms with Crippen molar-refractivity contribution in [3.8, 4) is 29.9 Å². The van der Waals surface area contributed by atoms with Crippen molar-refractivity contribution in [2.75, 3.05) is 18.5 Å². The Bertz CT molecular complexity index is 939. The summed E-state index contributed by atoms with van der Waals surface area (Å²) in [6.45, 7) is 2.40. The molecule has 2 aromatic carbocycles. The zero-order chi connectivity index (χ0) is 19.6. The molecule has 2 aromatic rings. The molecule has 0 aliphatic rings. The molecule has 0 fully saturated rings. The SMILES string of the molecule is C#CCOc1ccc(/C=C(/C#N)C(=O)Nc2cccc(Br)c2)cc1OCC. The van der Waals surface area contributed by atoms with Gasteiger partial charge in [-0.1, -0.05) is 34.0 Å². The van der Waals surface area contributed by atoms with E-state index in [2.05, 4.69) is 27.2 Å². The molecule has 0 saturated carbocycles. The van der Waals surface area contributed by atoms with Gasteiger partial charge in [0.05, 0.1) is 6.61 Å². The van der Waals surface area contributed by atoms with E-state index in [9.17, 15) is 10.1 Å². The lowest BCUT2D eigenvalue weighted by Crippen LogP contribution is -2.13. The maximum absolute atomic E-state index is 12.4. The number of hydrogen-bond acceptors (Lipinski definition) is 4. The lowest BCUT2D eigenvalue weighted by molar-refractivity contribution is -0.112. The van der Waals surface area contributed by atoms with Crippen molar-refractivity contribution in [3.63, 3.8) is 0 Å². The fourth-order valence-electron chi connectivity index (χ4n) is 2.20. The van der Waals surface area contributed by atoms with Crippen LogP contribution in [0.5, 0.6) is 11.5 Å². The minimum atomic E-state index is -0.499. The van der Waals surface area contributed by atoms with E-state index in [0.717, 1.165) is 4.47 Å². The molecule has 6 heteroatoms. The number of terminal acetylenes is 1. The molecule has 0 aliphatic heterocycles. The average molecular weight is 425 g/mol. The minimum Gasteiger partial charge on any atom is -0.490 e. The van der Waals surface area contributed by atoms with Gasteiger partial charge in [0.25, 0.3) is 5.91 Å². The highest BCUT2D eigenvalue weighted by molar-refractivity contribution is 9.10. The topological polar surface area (TPSA) is 71.3 Å². The van der Waals surface area contributed by atoms with Crippen LogP contribution in [-0.2, 0) is 4.79 Å². The molecule has 5 nitrogen and oxygen atoms in total. The van der Waals surface area contributed by atoms with Gasteiger partial charge in [-0.15, -0.1) is 6.42 Å². The molecule has 0 aromatic heterocycles. The number of nitrogens with zero attached hydrogens (tertiary/aromatic N) is 1. The molecule has 0 radical (unpaired) electrons. The molecule has 2 rings (SSSR count). The van der Waals surface area contributed by atoms with E-state index < -0.39 is 5.91 Å². The molecule has 0 saturated heterocycles. The smallest absolute Gasteiger partial charge is 0.266 e. The van der Waals surface area contributed by atoms with E-state index in [-0.39, 0.29) is 12.2 Å². The third-order valence-electron chi connectivity index (χ3n) is 3.34. The lowest BCUT2D eigenvalue weighted by Gasteiger charge is -2.11. The Hall–Kier alpha value is -3.22. The number of anilines is 1. The fraction of sp³-hybridized carbons (Fsp3) is 0.143. The van der Waals surface area contributed by atoms with Gasteiger partial charge in [-0.3, -0.25) is 4.79 Å². The third-order valence-corrected chi connectivity index (χ3v) is 3.83. The van der Waals surface area contributed by atoms with Crippen molar-refractivity contribution in [1.29, 1.82) is 5.26 Å². The van der Waals surface area contributed by atoms with Crippen LogP contribution in [0.4, 0.5) is 5.69 Å². The standard InChI is InChI=1S/C21H17BrN2O3/c1-3-10-27-19-9-8-15(12-20(19)26-4-2)11-16(14-23)21(25)24-18-7-5-6-17(22)13-18/h1,5-9,11-13H,4,10H2,2H3,(H,24,25)/b16-11-. The second-order valence-electron chi connectivity index (χ2n) is 5.27. The molecule has 0 bridgehead atoms. The molecular formula is C21H17BrN2O3. The van der Waals surface area contributed by atoms with Gasteiger partial charge in [0.2, 0.25) is 0 Å². The number of halogens is 1. The van der Waals surface area contributed by atoms with Crippen LogP contribution >= 0.6 is 15.9 Å². The maximum Gasteiger partial charge on any atom is 0.266 e. The number of hydrogen-bond donors (Lipinski definition) is 1. The molecular weight excluding hydrogens is 408 g/mol. The Kier molecular flexibility index (Phi) is 7.49. The van der Waals surface area contributed by atoms with Crippen LogP contribution in [0.3, 0.4) is 0 Å². The summed E-state index contributed by atoms with van der Waals surface area (Å²) < 4.78 is 11.8. The van der Waals surface area contributed by atoms with Crippen LogP contribution in [-0.4, -0.2) is 19.1 Å². The van der Waals surface area contributed by atoms with Crippen molar-refractivity contribution >= 4 is 33.6 Å². The summed E-state index contributed by atoms with van der Waals surface area (Å²) in [4.78, 5) is 12.4. The Balaban J connectivity index is 2.25. The third kappa shape index (κ3) is 5.91. The molecule has 0 aliphatic carbocycles. The highest BCUT2D eigenvalue weighted by Gasteiger charge is 2.11. The van der Waals surface area contributed by atoms with E-state index in [1.54, 1.807) is 36.4 Å². The van der Waals surface area contributed by atoms with Crippen LogP contribution in [0.15, 0.2) is 52.5 Å². The Labute approximate surface area is 166 Å². The summed E-state index contributed by atoms with van der Waals surface area (Å²) in [7, 11) is 0. The first-order valence-corrected chi connectivity index (χ1v) is 8.88. The molecule has 0 spiro atoms. The Morgan fingerprint density at radius 3 is 2.74 bits per heavy atom. The molecule has 1 N–H and O–H groups in total. The van der Waals surface area contributed by atoms with Gasteiger partial charge in [0, 0.05) is 10.2 Å². The summed E-state index contributed by atoms with van der Waals surface area (Å²) in [5, 5.41) is 12.1. The van der Waals surface area contributed by atoms with E-state index >= 15 is 0 Å². The quantitative estimate of drug-likeness (QED) is 0.406. The second kappa shape index (κ2) is 10.1. The van der Waals surface area contributed by atoms with Crippen LogP contribution in [0.2, 0.25) is 0 Å². The van der Waals surface area contributed by atoms with Crippen molar-refractivity contribution in [3.05, 3.63) is 58.1 Å². The number of rotatable bonds is 7. The van der Waals surface area contributed by atoms with Gasteiger partial charge in [-0.05, 0) is 48.9 Å². The average Bonchev–Trinajstić information content (AvgIpc) is 2.65. The van der Waals surface area contributed by atoms with Crippen molar-refractivity contribution < 1.29 is 14.3 Å². The molecule has 136 valence electrons. The highest BCUT2D eigenvalue weighted by atomic mass is 79.9. The molecule has 0 heterocycles. The van der Waals surface area contributed by atoms with Gasteiger partial charge in [-0.25, -0.2) is 0 Å². The first-order chi connectivity index (χ1) is 13.1. The first-order valence-electron chi connectivity index (χ1n) is 8.09. The summed E-state index contributed by atoms with van der Waals surface area (Å²) in [5.41, 5.74) is 1.19. The second-order valence-corrected chi connectivity index (χ2v) is 6.18. The van der Waals surface area contributed by atoms with Crippen LogP contribution in [0.25, 0.3) is 6.08 Å². The predicted octanol–water partition coefficient (Wildman–Crippen LogP) is 4.41. The van der Waals surface area contributed by atoms with Crippen LogP contribution in [0.1, 0.15) is 12.5 Å². The number of nitriles is 1. The zero-order valence-corrected chi connectivity index (χ0v) is 16.2.